The van der Waals surface area contributed by atoms with Crippen LogP contribution in [0, 0.1) is 41.7 Å². The average Bonchev–Trinajstić information content (AvgIpc) is 1.62. The maximum atomic E-state index is 8.52. The van der Waals surface area contributed by atoms with E-state index in [1.54, 1.807) is 0 Å². The van der Waals surface area contributed by atoms with Crippen molar-refractivity contribution in [1.82, 2.24) is 12.3 Å². The second-order valence-electron chi connectivity index (χ2n) is 1.63. The van der Waals surface area contributed by atoms with Crippen molar-refractivity contribution in [3.63, 3.8) is 0 Å². The number of quaternary nitrogens is 2. The Morgan fingerprint density at radius 1 is 0.348 bits per heavy atom. The second kappa shape index (κ2) is 17.6. The minimum Gasteiger partial charge on any atom is -0.759 e. The summed E-state index contributed by atoms with van der Waals surface area (Å²) >= 11 is 0. The van der Waals surface area contributed by atoms with Crippen molar-refractivity contribution in [1.29, 1.82) is 0 Å². The molecule has 0 radical (unpaired) electrons. The van der Waals surface area contributed by atoms with E-state index in [1.165, 1.54) is 0 Å². The van der Waals surface area contributed by atoms with E-state index in [4.69, 9.17) is 70.1 Å². The smallest absolute Gasteiger partial charge is 0.759 e. The van der Waals surface area contributed by atoms with Crippen molar-refractivity contribution < 1.29 is 112 Å². The summed E-state index contributed by atoms with van der Waals surface area (Å²) in [7, 11) is -20.7. The maximum Gasteiger partial charge on any atom is 6.00 e. The molecule has 0 heterocycles. The summed E-state index contributed by atoms with van der Waals surface area (Å²) in [5.74, 6) is 0. The van der Waals surface area contributed by atoms with Crippen molar-refractivity contribution in [3.8, 4) is 0 Å². The summed E-state index contributed by atoms with van der Waals surface area (Å²) in [5, 5.41) is 0. The molecule has 0 bridgehead atoms. The van der Waals surface area contributed by atoms with Gasteiger partial charge in [-0.25, -0.2) is 0 Å². The summed E-state index contributed by atoms with van der Waals surface area (Å²) in [4.78, 5) is 0. The third kappa shape index (κ3) is 16300. The van der Waals surface area contributed by atoms with Gasteiger partial charge in [-0.3, -0.25) is 33.7 Å². The van der Waals surface area contributed by atoms with Crippen LogP contribution in [0.15, 0.2) is 0 Å². The molecule has 23 heteroatoms. The molecule has 142 valence electrons. The Morgan fingerprint density at radius 3 is 0.348 bits per heavy atom. The molecule has 0 saturated heterocycles. The number of rotatable bonds is 0. The van der Waals surface area contributed by atoms with Gasteiger partial charge in [0.05, 0.1) is 0 Å². The SMILES string of the molecule is O=S(=O)([O-])[O-].O=S(=O)([O-])[O-].O=S(=O)([O-])[O-].O=S(=O)([O-])[O-].[Ce+6].[NH4+].[NH4+]. The van der Waals surface area contributed by atoms with Crippen LogP contribution in [0.3, 0.4) is 0 Å². The molecule has 0 aromatic rings. The minimum atomic E-state index is -5.17. The monoisotopic (exact) mass is 560 g/mol. The Labute approximate surface area is 164 Å². The third-order valence-corrected chi connectivity index (χ3v) is 0. The normalized spacial score (nSPS) is 10.1. The summed E-state index contributed by atoms with van der Waals surface area (Å²) in [6.07, 6.45) is 0. The van der Waals surface area contributed by atoms with Gasteiger partial charge in [-0.05, 0) is 0 Å². The van der Waals surface area contributed by atoms with Crippen LogP contribution in [0.25, 0.3) is 0 Å². The molecule has 18 nitrogen and oxygen atoms in total. The molecule has 0 fully saturated rings. The molecule has 0 amide bonds. The first-order valence-electron chi connectivity index (χ1n) is 2.67. The molecule has 0 spiro atoms. The van der Waals surface area contributed by atoms with Crippen LogP contribution in [0.2, 0.25) is 0 Å². The Hall–Kier alpha value is 0.777. The number of hydrogen-bond acceptors (Lipinski definition) is 16. The van der Waals surface area contributed by atoms with Crippen molar-refractivity contribution in [3.05, 3.63) is 0 Å². The predicted octanol–water partition coefficient (Wildman–Crippen LogP) is -4.60. The molecule has 0 aromatic heterocycles. The standard InChI is InChI=1S/Ce.2H3N.4H2O4S/c;;;4*1-5(2,3)4/h;2*1H3;4*(H2,1,2,3,4)/q+6;;;;;;/p-6. The largest absolute Gasteiger partial charge is 6.00 e. The van der Waals surface area contributed by atoms with Gasteiger partial charge in [-0.2, -0.15) is 0 Å². The number of hydrogen-bond donors (Lipinski definition) is 2. The Morgan fingerprint density at radius 2 is 0.348 bits per heavy atom. The van der Waals surface area contributed by atoms with Crippen LogP contribution in [-0.4, -0.2) is 70.1 Å². The first-order valence-corrected chi connectivity index (χ1v) is 8.00. The fourth-order valence-electron chi connectivity index (χ4n) is 0. The molecular weight excluding hydrogens is 552 g/mol. The van der Waals surface area contributed by atoms with Crippen LogP contribution in [-0.2, 0) is 41.6 Å². The summed E-state index contributed by atoms with van der Waals surface area (Å²) in [5.41, 5.74) is 0. The first kappa shape index (κ1) is 43.8. The summed E-state index contributed by atoms with van der Waals surface area (Å²) < 4.78 is 136. The zero-order valence-corrected chi connectivity index (χ0v) is 17.1. The van der Waals surface area contributed by atoms with Crippen LogP contribution in [0.5, 0.6) is 0 Å². The molecular formula is H8CeN2O16S4. The Kier molecular flexibility index (Phi) is 33.5. The second-order valence-corrected chi connectivity index (χ2v) is 4.90. The van der Waals surface area contributed by atoms with Crippen molar-refractivity contribution >= 4 is 41.6 Å². The van der Waals surface area contributed by atoms with E-state index < -0.39 is 41.6 Å². The molecule has 0 aliphatic rings. The van der Waals surface area contributed by atoms with E-state index in [9.17, 15) is 0 Å². The molecule has 0 rings (SSSR count). The summed E-state index contributed by atoms with van der Waals surface area (Å²) in [6, 6.07) is 0. The van der Waals surface area contributed by atoms with Gasteiger partial charge in [0.25, 0.3) is 0 Å². The van der Waals surface area contributed by atoms with Gasteiger partial charge < -0.3 is 48.7 Å². The maximum absolute atomic E-state index is 8.52. The van der Waals surface area contributed by atoms with E-state index in [0.717, 1.165) is 0 Å². The topological polar surface area (TPSA) is 394 Å². The molecule has 0 aromatic carbocycles. The van der Waals surface area contributed by atoms with Gasteiger partial charge in [0.2, 0.25) is 0 Å². The third-order valence-electron chi connectivity index (χ3n) is 0. The van der Waals surface area contributed by atoms with Gasteiger partial charge in [-0.1, -0.05) is 0 Å². The predicted molar refractivity (Wildman–Crippen MR) is 53.9 cm³/mol. The van der Waals surface area contributed by atoms with Gasteiger partial charge >= 0.3 is 41.7 Å². The van der Waals surface area contributed by atoms with E-state index in [2.05, 4.69) is 0 Å². The molecule has 23 heavy (non-hydrogen) atoms. The Bertz CT molecular complexity index is 483. The van der Waals surface area contributed by atoms with Gasteiger partial charge in [-0.15, -0.1) is 0 Å². The van der Waals surface area contributed by atoms with E-state index >= 15 is 0 Å². The molecule has 8 N–H and O–H groups in total. The van der Waals surface area contributed by atoms with Crippen molar-refractivity contribution in [2.24, 2.45) is 0 Å². The molecule has 0 atom stereocenters. The Balaban J connectivity index is -0.0000000284. The zero-order chi connectivity index (χ0) is 18.0. The molecule has 0 aliphatic heterocycles. The van der Waals surface area contributed by atoms with Crippen LogP contribution < -0.4 is 12.3 Å². The van der Waals surface area contributed by atoms with E-state index in [0.29, 0.717) is 0 Å². The van der Waals surface area contributed by atoms with Crippen LogP contribution in [0.4, 0.5) is 0 Å². The molecule has 0 aliphatic carbocycles. The van der Waals surface area contributed by atoms with Crippen LogP contribution >= 0.6 is 0 Å². The van der Waals surface area contributed by atoms with Gasteiger partial charge in [0, 0.05) is 41.6 Å². The minimum absolute atomic E-state index is 0. The summed E-state index contributed by atoms with van der Waals surface area (Å²) in [6.45, 7) is 0. The van der Waals surface area contributed by atoms with E-state index in [1.807, 2.05) is 0 Å². The average molecular weight is 560 g/mol. The first-order chi connectivity index (χ1) is 8.00. The zero-order valence-electron chi connectivity index (χ0n) is 10.7. The quantitative estimate of drug-likeness (QED) is 0.208. The van der Waals surface area contributed by atoms with Crippen molar-refractivity contribution in [2.75, 3.05) is 0 Å². The van der Waals surface area contributed by atoms with E-state index in [-0.39, 0.29) is 54.0 Å². The molecule has 0 unspecified atom stereocenters. The van der Waals surface area contributed by atoms with Crippen LogP contribution in [0.1, 0.15) is 0 Å². The van der Waals surface area contributed by atoms with Gasteiger partial charge in [0.15, 0.2) is 0 Å². The molecule has 0 saturated carbocycles. The fraction of sp³-hybridized carbons (Fsp3) is 0. The van der Waals surface area contributed by atoms with Crippen molar-refractivity contribution in [2.45, 2.75) is 0 Å². The van der Waals surface area contributed by atoms with Gasteiger partial charge in [0.1, 0.15) is 0 Å². The fourth-order valence-corrected chi connectivity index (χ4v) is 0.